The van der Waals surface area contributed by atoms with Gasteiger partial charge >= 0.3 is 5.97 Å². The summed E-state index contributed by atoms with van der Waals surface area (Å²) in [7, 11) is -3.81. The summed E-state index contributed by atoms with van der Waals surface area (Å²) in [6, 6.07) is 14.0. The summed E-state index contributed by atoms with van der Waals surface area (Å²) in [4.78, 5) is 11.6. The molecule has 0 heterocycles. The van der Waals surface area contributed by atoms with Gasteiger partial charge in [-0.1, -0.05) is 23.7 Å². The van der Waals surface area contributed by atoms with E-state index in [0.717, 1.165) is 0 Å². The molecule has 0 aromatic heterocycles. The van der Waals surface area contributed by atoms with Gasteiger partial charge in [0.05, 0.1) is 22.2 Å². The molecule has 0 atom stereocenters. The summed E-state index contributed by atoms with van der Waals surface area (Å²) < 4.78 is 32.0. The lowest BCUT2D eigenvalue weighted by Gasteiger charge is -2.10. The Labute approximate surface area is 162 Å². The van der Waals surface area contributed by atoms with E-state index >= 15 is 0 Å². The van der Waals surface area contributed by atoms with Gasteiger partial charge in [0.15, 0.2) is 5.57 Å². The Morgan fingerprint density at radius 3 is 2.48 bits per heavy atom. The highest BCUT2D eigenvalue weighted by Gasteiger charge is 2.15. The first kappa shape index (κ1) is 20.3. The van der Waals surface area contributed by atoms with Crippen LogP contribution in [0.3, 0.4) is 0 Å². The van der Waals surface area contributed by atoms with Gasteiger partial charge in [-0.25, -0.2) is 13.2 Å². The molecule has 0 saturated heterocycles. The molecule has 9 heteroatoms. The fraction of sp³-hybridized carbons (Fsp3) is 0.111. The number of carbonyl (C=O) groups excluding carboxylic acids is 1. The number of nitriles is 1. The minimum atomic E-state index is -3.81. The summed E-state index contributed by atoms with van der Waals surface area (Å²) in [5, 5.41) is 12.0. The number of esters is 1. The van der Waals surface area contributed by atoms with Crippen LogP contribution in [0.1, 0.15) is 6.92 Å². The lowest BCUT2D eigenvalue weighted by atomic mass is 10.3. The number of rotatable bonds is 7. The van der Waals surface area contributed by atoms with Gasteiger partial charge in [0, 0.05) is 11.9 Å². The van der Waals surface area contributed by atoms with Gasteiger partial charge in [-0.15, -0.1) is 0 Å². The van der Waals surface area contributed by atoms with E-state index in [4.69, 9.17) is 21.6 Å². The van der Waals surface area contributed by atoms with Crippen LogP contribution >= 0.6 is 11.6 Å². The van der Waals surface area contributed by atoms with E-state index in [0.29, 0.717) is 5.69 Å². The summed E-state index contributed by atoms with van der Waals surface area (Å²) in [5.74, 6) is -0.740. The molecule has 0 amide bonds. The SMILES string of the molecule is CCOC(=O)/C(C#N)=C/Nc1ccc(S(=O)(=O)Nc2ccccc2Cl)cc1. The van der Waals surface area contributed by atoms with Gasteiger partial charge in [-0.2, -0.15) is 5.26 Å². The molecule has 2 N–H and O–H groups in total. The van der Waals surface area contributed by atoms with E-state index in [9.17, 15) is 13.2 Å². The molecule has 7 nitrogen and oxygen atoms in total. The van der Waals surface area contributed by atoms with Crippen LogP contribution < -0.4 is 10.0 Å². The Kier molecular flexibility index (Phi) is 6.82. The Balaban J connectivity index is 2.13. The van der Waals surface area contributed by atoms with Crippen molar-refractivity contribution in [1.82, 2.24) is 0 Å². The first-order valence-electron chi connectivity index (χ1n) is 7.78. The molecule has 0 radical (unpaired) electrons. The third kappa shape index (κ3) is 5.48. The van der Waals surface area contributed by atoms with Crippen molar-refractivity contribution < 1.29 is 17.9 Å². The summed E-state index contributed by atoms with van der Waals surface area (Å²) in [5.41, 5.74) is 0.565. The average Bonchev–Trinajstić information content (AvgIpc) is 2.64. The highest BCUT2D eigenvalue weighted by Crippen LogP contribution is 2.24. The second-order valence-corrected chi connectivity index (χ2v) is 7.23. The van der Waals surface area contributed by atoms with Crippen LogP contribution in [-0.4, -0.2) is 21.0 Å². The number of carbonyl (C=O) groups is 1. The zero-order chi connectivity index (χ0) is 19.9. The zero-order valence-electron chi connectivity index (χ0n) is 14.3. The van der Waals surface area contributed by atoms with E-state index in [-0.39, 0.29) is 27.8 Å². The van der Waals surface area contributed by atoms with Crippen LogP contribution in [0.25, 0.3) is 0 Å². The maximum Gasteiger partial charge on any atom is 0.350 e. The van der Waals surface area contributed by atoms with E-state index in [2.05, 4.69) is 10.0 Å². The number of para-hydroxylation sites is 1. The first-order chi connectivity index (χ1) is 12.9. The van der Waals surface area contributed by atoms with Crippen molar-refractivity contribution in [1.29, 1.82) is 5.26 Å². The molecule has 0 fully saturated rings. The number of nitrogens with one attached hydrogen (secondary N) is 2. The monoisotopic (exact) mass is 405 g/mol. The number of nitrogens with zero attached hydrogens (tertiary/aromatic N) is 1. The molecule has 0 bridgehead atoms. The normalized spacial score (nSPS) is 11.4. The van der Waals surface area contributed by atoms with Gasteiger partial charge < -0.3 is 10.1 Å². The Bertz CT molecular complexity index is 996. The predicted octanol–water partition coefficient (Wildman–Crippen LogP) is 3.52. The molecule has 2 aromatic rings. The molecule has 0 aliphatic rings. The summed E-state index contributed by atoms with van der Waals surface area (Å²) in [6.07, 6.45) is 1.20. The largest absolute Gasteiger partial charge is 0.462 e. The topological polar surface area (TPSA) is 108 Å². The second kappa shape index (κ2) is 9.07. The van der Waals surface area contributed by atoms with Gasteiger partial charge in [0.2, 0.25) is 0 Å². The summed E-state index contributed by atoms with van der Waals surface area (Å²) >= 11 is 5.97. The van der Waals surface area contributed by atoms with Crippen molar-refractivity contribution in [3.63, 3.8) is 0 Å². The molecule has 0 saturated carbocycles. The van der Waals surface area contributed by atoms with Crippen molar-refractivity contribution in [2.75, 3.05) is 16.6 Å². The van der Waals surface area contributed by atoms with Crippen LogP contribution in [0.4, 0.5) is 11.4 Å². The second-order valence-electron chi connectivity index (χ2n) is 5.14. The minimum Gasteiger partial charge on any atom is -0.462 e. The van der Waals surface area contributed by atoms with Gasteiger partial charge in [-0.05, 0) is 43.3 Å². The standard InChI is InChI=1S/C18H16ClN3O4S/c1-2-26-18(23)13(11-20)12-21-14-7-9-15(10-8-14)27(24,25)22-17-6-4-3-5-16(17)19/h3-10,12,21-22H,2H2,1H3/b13-12+. The van der Waals surface area contributed by atoms with E-state index in [1.54, 1.807) is 37.3 Å². The quantitative estimate of drug-likeness (QED) is 0.414. The van der Waals surface area contributed by atoms with Gasteiger partial charge in [-0.3, -0.25) is 4.72 Å². The van der Waals surface area contributed by atoms with Crippen LogP contribution in [-0.2, 0) is 19.6 Å². The van der Waals surface area contributed by atoms with Crippen LogP contribution in [0.5, 0.6) is 0 Å². The van der Waals surface area contributed by atoms with E-state index < -0.39 is 16.0 Å². The molecular weight excluding hydrogens is 390 g/mol. The highest BCUT2D eigenvalue weighted by atomic mass is 35.5. The van der Waals surface area contributed by atoms with Crippen molar-refractivity contribution in [2.24, 2.45) is 0 Å². The van der Waals surface area contributed by atoms with E-state index in [1.165, 1.54) is 30.5 Å². The molecule has 2 aromatic carbocycles. The third-order valence-corrected chi connectivity index (χ3v) is 4.99. The molecule has 27 heavy (non-hydrogen) atoms. The third-order valence-electron chi connectivity index (χ3n) is 3.28. The maximum atomic E-state index is 12.4. The zero-order valence-corrected chi connectivity index (χ0v) is 15.8. The van der Waals surface area contributed by atoms with Gasteiger partial charge in [0.25, 0.3) is 10.0 Å². The smallest absolute Gasteiger partial charge is 0.350 e. The first-order valence-corrected chi connectivity index (χ1v) is 9.65. The van der Waals surface area contributed by atoms with Crippen molar-refractivity contribution in [3.8, 4) is 6.07 Å². The molecule has 0 spiro atoms. The molecule has 0 unspecified atom stereocenters. The fourth-order valence-electron chi connectivity index (χ4n) is 1.98. The van der Waals surface area contributed by atoms with Crippen molar-refractivity contribution in [2.45, 2.75) is 11.8 Å². The van der Waals surface area contributed by atoms with Crippen molar-refractivity contribution >= 4 is 39.0 Å². The lowest BCUT2D eigenvalue weighted by molar-refractivity contribution is -0.138. The maximum absolute atomic E-state index is 12.4. The lowest BCUT2D eigenvalue weighted by Crippen LogP contribution is -2.13. The molecule has 140 valence electrons. The fourth-order valence-corrected chi connectivity index (χ4v) is 3.30. The molecule has 2 rings (SSSR count). The van der Waals surface area contributed by atoms with E-state index in [1.807, 2.05) is 0 Å². The van der Waals surface area contributed by atoms with Crippen LogP contribution in [0.2, 0.25) is 5.02 Å². The minimum absolute atomic E-state index is 0.0304. The Morgan fingerprint density at radius 1 is 1.22 bits per heavy atom. The average molecular weight is 406 g/mol. The van der Waals surface area contributed by atoms with Crippen LogP contribution in [0, 0.1) is 11.3 Å². The number of ether oxygens (including phenoxy) is 1. The van der Waals surface area contributed by atoms with Crippen molar-refractivity contribution in [3.05, 3.63) is 65.3 Å². The number of benzene rings is 2. The number of sulfonamides is 1. The number of hydrogen-bond acceptors (Lipinski definition) is 6. The Morgan fingerprint density at radius 2 is 1.89 bits per heavy atom. The number of hydrogen-bond donors (Lipinski definition) is 2. The van der Waals surface area contributed by atoms with Gasteiger partial charge in [0.1, 0.15) is 6.07 Å². The molecule has 0 aliphatic heterocycles. The number of anilines is 2. The Hall–Kier alpha value is -3.02. The highest BCUT2D eigenvalue weighted by molar-refractivity contribution is 7.92. The summed E-state index contributed by atoms with van der Waals surface area (Å²) in [6.45, 7) is 1.79. The molecule has 0 aliphatic carbocycles. The van der Waals surface area contributed by atoms with Crippen LogP contribution in [0.15, 0.2) is 65.2 Å². The predicted molar refractivity (Wildman–Crippen MR) is 103 cm³/mol. The molecular formula is C18H16ClN3O4S. The number of halogens is 1.